The number of hydrogen-bond acceptors (Lipinski definition) is 5. The smallest absolute Gasteiger partial charge is 0.319 e. The fraction of sp³-hybridized carbons (Fsp3) is 0.211. The Morgan fingerprint density at radius 2 is 2.11 bits per heavy atom. The molecule has 0 atom stereocenters. The molecule has 0 saturated carbocycles. The number of ether oxygens (including phenoxy) is 1. The van der Waals surface area contributed by atoms with E-state index in [1.165, 1.54) is 10.7 Å². The van der Waals surface area contributed by atoms with Crippen LogP contribution in [0.4, 0.5) is 10.5 Å². The van der Waals surface area contributed by atoms with Gasteiger partial charge in [-0.25, -0.2) is 9.48 Å². The van der Waals surface area contributed by atoms with Crippen LogP contribution < -0.4 is 20.9 Å². The number of rotatable bonds is 7. The molecule has 8 nitrogen and oxygen atoms in total. The Bertz CT molecular complexity index is 950. The third-order valence-electron chi connectivity index (χ3n) is 3.80. The molecule has 2 amide bonds. The quantitative estimate of drug-likeness (QED) is 0.625. The van der Waals surface area contributed by atoms with Crippen molar-refractivity contribution in [3.8, 4) is 17.2 Å². The third kappa shape index (κ3) is 4.97. The molecule has 140 valence electrons. The first-order chi connectivity index (χ1) is 13.2. The summed E-state index contributed by atoms with van der Waals surface area (Å²) in [7, 11) is 1.57. The highest BCUT2D eigenvalue weighted by molar-refractivity contribution is 5.89. The molecule has 0 saturated heterocycles. The van der Waals surface area contributed by atoms with Gasteiger partial charge in [0.1, 0.15) is 11.4 Å². The summed E-state index contributed by atoms with van der Waals surface area (Å²) in [6.07, 6.45) is 2.11. The summed E-state index contributed by atoms with van der Waals surface area (Å²) in [4.78, 5) is 23.9. The lowest BCUT2D eigenvalue weighted by molar-refractivity contribution is 0.251. The van der Waals surface area contributed by atoms with Crippen LogP contribution in [0.1, 0.15) is 6.42 Å². The highest BCUT2D eigenvalue weighted by Crippen LogP contribution is 2.16. The standard InChI is InChI=1S/C19H20N4O4/c1-26-15-6-2-5-14(13-15)21-19(25)20-10-4-11-23-18(24)9-8-16(22-23)17-7-3-12-27-17/h2-3,5-9,12-13H,4,10-11H2,1H3,(H2,20,21,25). The lowest BCUT2D eigenvalue weighted by Crippen LogP contribution is -2.31. The van der Waals surface area contributed by atoms with Crippen LogP contribution in [0.2, 0.25) is 0 Å². The summed E-state index contributed by atoms with van der Waals surface area (Å²) in [5.41, 5.74) is 1.02. The van der Waals surface area contributed by atoms with E-state index < -0.39 is 0 Å². The maximum Gasteiger partial charge on any atom is 0.319 e. The van der Waals surface area contributed by atoms with Gasteiger partial charge in [0.25, 0.3) is 5.56 Å². The van der Waals surface area contributed by atoms with Gasteiger partial charge in [0.05, 0.1) is 13.4 Å². The molecule has 0 bridgehead atoms. The largest absolute Gasteiger partial charge is 0.497 e. The maximum atomic E-state index is 11.9. The second-order valence-corrected chi connectivity index (χ2v) is 5.72. The average molecular weight is 368 g/mol. The Kier molecular flexibility index (Phi) is 5.88. The van der Waals surface area contributed by atoms with E-state index in [0.29, 0.717) is 42.4 Å². The monoisotopic (exact) mass is 368 g/mol. The number of aromatic nitrogens is 2. The molecule has 27 heavy (non-hydrogen) atoms. The predicted molar refractivity (Wildman–Crippen MR) is 101 cm³/mol. The first-order valence-corrected chi connectivity index (χ1v) is 8.46. The van der Waals surface area contributed by atoms with E-state index in [2.05, 4.69) is 15.7 Å². The number of benzene rings is 1. The van der Waals surface area contributed by atoms with Gasteiger partial charge in [0.15, 0.2) is 5.76 Å². The molecule has 0 unspecified atom stereocenters. The highest BCUT2D eigenvalue weighted by atomic mass is 16.5. The molecular weight excluding hydrogens is 348 g/mol. The van der Waals surface area contributed by atoms with Crippen LogP contribution in [0.25, 0.3) is 11.5 Å². The van der Waals surface area contributed by atoms with E-state index in [4.69, 9.17) is 9.15 Å². The Balaban J connectivity index is 1.49. The normalized spacial score (nSPS) is 10.4. The molecule has 0 aliphatic carbocycles. The van der Waals surface area contributed by atoms with Crippen molar-refractivity contribution in [2.75, 3.05) is 19.0 Å². The molecule has 1 aromatic carbocycles. The molecule has 0 radical (unpaired) electrons. The topological polar surface area (TPSA) is 98.4 Å². The summed E-state index contributed by atoms with van der Waals surface area (Å²) < 4.78 is 11.8. The second-order valence-electron chi connectivity index (χ2n) is 5.72. The van der Waals surface area contributed by atoms with Gasteiger partial charge in [-0.2, -0.15) is 5.10 Å². The zero-order valence-corrected chi connectivity index (χ0v) is 14.8. The van der Waals surface area contributed by atoms with Gasteiger partial charge < -0.3 is 19.8 Å². The van der Waals surface area contributed by atoms with Crippen LogP contribution in [0.5, 0.6) is 5.75 Å². The Labute approximate surface area is 155 Å². The summed E-state index contributed by atoms with van der Waals surface area (Å²) >= 11 is 0. The number of anilines is 1. The molecule has 8 heteroatoms. The van der Waals surface area contributed by atoms with Crippen LogP contribution in [-0.4, -0.2) is 29.5 Å². The van der Waals surface area contributed by atoms with Crippen LogP contribution in [0.3, 0.4) is 0 Å². The maximum absolute atomic E-state index is 11.9. The number of aryl methyl sites for hydroxylation is 1. The molecular formula is C19H20N4O4. The van der Waals surface area contributed by atoms with Crippen molar-refractivity contribution in [3.05, 3.63) is 65.1 Å². The van der Waals surface area contributed by atoms with E-state index in [1.807, 2.05) is 0 Å². The van der Waals surface area contributed by atoms with Crippen LogP contribution in [0, 0.1) is 0 Å². The summed E-state index contributed by atoms with van der Waals surface area (Å²) in [5.74, 6) is 1.26. The molecule has 3 aromatic rings. The molecule has 2 heterocycles. The molecule has 0 aliphatic rings. The van der Waals surface area contributed by atoms with E-state index in [-0.39, 0.29) is 11.6 Å². The second kappa shape index (κ2) is 8.70. The Morgan fingerprint density at radius 3 is 2.89 bits per heavy atom. The van der Waals surface area contributed by atoms with Gasteiger partial charge in [-0.3, -0.25) is 4.79 Å². The van der Waals surface area contributed by atoms with Crippen molar-refractivity contribution in [1.29, 1.82) is 0 Å². The molecule has 2 N–H and O–H groups in total. The van der Waals surface area contributed by atoms with Gasteiger partial charge in [0.2, 0.25) is 0 Å². The number of amides is 2. The zero-order chi connectivity index (χ0) is 19.1. The van der Waals surface area contributed by atoms with Crippen LogP contribution in [-0.2, 0) is 6.54 Å². The lowest BCUT2D eigenvalue weighted by Gasteiger charge is -2.09. The summed E-state index contributed by atoms with van der Waals surface area (Å²) in [5, 5.41) is 9.76. The minimum absolute atomic E-state index is 0.203. The number of furan rings is 1. The SMILES string of the molecule is COc1cccc(NC(=O)NCCCn2nc(-c3ccco3)ccc2=O)c1. The minimum atomic E-state index is -0.326. The highest BCUT2D eigenvalue weighted by Gasteiger charge is 2.06. The molecule has 0 aliphatic heterocycles. The third-order valence-corrected chi connectivity index (χ3v) is 3.80. The van der Waals surface area contributed by atoms with Crippen molar-refractivity contribution >= 4 is 11.7 Å². The Hall–Kier alpha value is -3.55. The van der Waals surface area contributed by atoms with Crippen LogP contribution >= 0.6 is 0 Å². The summed E-state index contributed by atoms with van der Waals surface area (Å²) in [6.45, 7) is 0.779. The number of carbonyl (C=O) groups excluding carboxylic acids is 1. The number of urea groups is 1. The average Bonchev–Trinajstić information content (AvgIpc) is 3.21. The predicted octanol–water partition coefficient (Wildman–Crippen LogP) is 2.72. The van der Waals surface area contributed by atoms with Crippen molar-refractivity contribution in [1.82, 2.24) is 15.1 Å². The number of nitrogens with zero attached hydrogens (tertiary/aromatic N) is 2. The molecule has 0 spiro atoms. The van der Waals surface area contributed by atoms with Gasteiger partial charge in [-0.1, -0.05) is 6.07 Å². The Morgan fingerprint density at radius 1 is 1.22 bits per heavy atom. The molecule has 2 aromatic heterocycles. The fourth-order valence-corrected chi connectivity index (χ4v) is 2.47. The van der Waals surface area contributed by atoms with Gasteiger partial charge >= 0.3 is 6.03 Å². The van der Waals surface area contributed by atoms with Crippen molar-refractivity contribution in [2.24, 2.45) is 0 Å². The van der Waals surface area contributed by atoms with E-state index in [0.717, 1.165) is 0 Å². The molecule has 0 fully saturated rings. The van der Waals surface area contributed by atoms with E-state index >= 15 is 0 Å². The van der Waals surface area contributed by atoms with E-state index in [1.54, 1.807) is 55.8 Å². The summed E-state index contributed by atoms with van der Waals surface area (Å²) in [6, 6.07) is 13.4. The van der Waals surface area contributed by atoms with Crippen molar-refractivity contribution in [2.45, 2.75) is 13.0 Å². The number of carbonyl (C=O) groups is 1. The van der Waals surface area contributed by atoms with E-state index in [9.17, 15) is 9.59 Å². The van der Waals surface area contributed by atoms with Gasteiger partial charge in [0, 0.05) is 30.9 Å². The lowest BCUT2D eigenvalue weighted by atomic mass is 10.3. The minimum Gasteiger partial charge on any atom is -0.497 e. The van der Waals surface area contributed by atoms with Crippen LogP contribution in [0.15, 0.2) is 64.0 Å². The van der Waals surface area contributed by atoms with Crippen molar-refractivity contribution < 1.29 is 13.9 Å². The first kappa shape index (κ1) is 18.2. The fourth-order valence-electron chi connectivity index (χ4n) is 2.47. The number of nitrogens with one attached hydrogen (secondary N) is 2. The van der Waals surface area contributed by atoms with Crippen molar-refractivity contribution in [3.63, 3.8) is 0 Å². The molecule has 3 rings (SSSR count). The van der Waals surface area contributed by atoms with Gasteiger partial charge in [-0.05, 0) is 36.8 Å². The van der Waals surface area contributed by atoms with Gasteiger partial charge in [-0.15, -0.1) is 0 Å². The number of hydrogen-bond donors (Lipinski definition) is 2. The number of methoxy groups -OCH3 is 1. The first-order valence-electron chi connectivity index (χ1n) is 8.46. The zero-order valence-electron chi connectivity index (χ0n) is 14.8.